The van der Waals surface area contributed by atoms with Gasteiger partial charge >= 0.3 is 0 Å². The SMILES string of the molecule is CCCCCCCCS(=O)(=O)OCCCCOS(=O)(=O)CCCCCCCC. The van der Waals surface area contributed by atoms with Gasteiger partial charge in [0, 0.05) is 0 Å². The highest BCUT2D eigenvalue weighted by molar-refractivity contribution is 7.86. The van der Waals surface area contributed by atoms with Crippen molar-refractivity contribution in [3.63, 3.8) is 0 Å². The molecule has 0 fully saturated rings. The Balaban J connectivity index is 3.64. The topological polar surface area (TPSA) is 86.7 Å². The first-order valence-corrected chi connectivity index (χ1v) is 14.2. The molecule has 0 aliphatic rings. The van der Waals surface area contributed by atoms with Crippen LogP contribution in [0.1, 0.15) is 104 Å². The Morgan fingerprint density at radius 1 is 0.464 bits per heavy atom. The molecule has 0 unspecified atom stereocenters. The Labute approximate surface area is 174 Å². The molecule has 0 aliphatic heterocycles. The van der Waals surface area contributed by atoms with Crippen LogP contribution in [0, 0.1) is 0 Å². The first kappa shape index (κ1) is 27.8. The summed E-state index contributed by atoms with van der Waals surface area (Å²) in [6.07, 6.45) is 13.2. The zero-order valence-corrected chi connectivity index (χ0v) is 19.6. The molecule has 6 nitrogen and oxygen atoms in total. The molecule has 0 amide bonds. The van der Waals surface area contributed by atoms with Crippen molar-refractivity contribution in [3.8, 4) is 0 Å². The number of hydrogen-bond donors (Lipinski definition) is 0. The van der Waals surface area contributed by atoms with Crippen LogP contribution in [0.4, 0.5) is 0 Å². The van der Waals surface area contributed by atoms with E-state index in [0.29, 0.717) is 25.7 Å². The highest BCUT2D eigenvalue weighted by Crippen LogP contribution is 2.09. The lowest BCUT2D eigenvalue weighted by molar-refractivity contribution is 0.270. The molecule has 0 saturated carbocycles. The third-order valence-electron chi connectivity index (χ3n) is 4.56. The number of unbranched alkanes of at least 4 members (excludes halogenated alkanes) is 11. The van der Waals surface area contributed by atoms with E-state index in [2.05, 4.69) is 13.8 Å². The van der Waals surface area contributed by atoms with Crippen molar-refractivity contribution in [2.45, 2.75) is 104 Å². The molecule has 0 bridgehead atoms. The molecular formula is C20H42O6S2. The van der Waals surface area contributed by atoms with E-state index in [-0.39, 0.29) is 24.7 Å². The van der Waals surface area contributed by atoms with E-state index in [4.69, 9.17) is 8.37 Å². The van der Waals surface area contributed by atoms with Crippen LogP contribution in [0.15, 0.2) is 0 Å². The number of rotatable bonds is 21. The molecule has 170 valence electrons. The molecule has 0 radical (unpaired) electrons. The number of hydrogen-bond acceptors (Lipinski definition) is 6. The monoisotopic (exact) mass is 442 g/mol. The van der Waals surface area contributed by atoms with Crippen molar-refractivity contribution in [3.05, 3.63) is 0 Å². The summed E-state index contributed by atoms with van der Waals surface area (Å²) in [6.45, 7) is 4.46. The van der Waals surface area contributed by atoms with E-state index >= 15 is 0 Å². The van der Waals surface area contributed by atoms with E-state index < -0.39 is 20.2 Å². The van der Waals surface area contributed by atoms with E-state index in [0.717, 1.165) is 38.5 Å². The Morgan fingerprint density at radius 2 is 0.786 bits per heavy atom. The summed E-state index contributed by atoms with van der Waals surface area (Å²) in [7, 11) is -6.94. The lowest BCUT2D eigenvalue weighted by Gasteiger charge is -2.07. The van der Waals surface area contributed by atoms with E-state index in [1.807, 2.05) is 0 Å². The zero-order valence-electron chi connectivity index (χ0n) is 18.0. The van der Waals surface area contributed by atoms with E-state index in [1.165, 1.54) is 25.7 Å². The molecule has 0 aromatic heterocycles. The van der Waals surface area contributed by atoms with Crippen LogP contribution in [-0.4, -0.2) is 41.6 Å². The summed E-state index contributed by atoms with van der Waals surface area (Å²) in [5.41, 5.74) is 0. The highest BCUT2D eigenvalue weighted by atomic mass is 32.2. The minimum Gasteiger partial charge on any atom is -0.270 e. The molecular weight excluding hydrogens is 400 g/mol. The van der Waals surface area contributed by atoms with Gasteiger partial charge in [-0.05, 0) is 25.7 Å². The van der Waals surface area contributed by atoms with E-state index in [9.17, 15) is 16.8 Å². The normalized spacial score (nSPS) is 12.5. The molecule has 0 aromatic carbocycles. The maximum atomic E-state index is 11.8. The predicted octanol–water partition coefficient (Wildman–Crippen LogP) is 5.18. The van der Waals surface area contributed by atoms with Gasteiger partial charge in [0.05, 0.1) is 24.7 Å². The lowest BCUT2D eigenvalue weighted by Crippen LogP contribution is -2.14. The van der Waals surface area contributed by atoms with Gasteiger partial charge < -0.3 is 0 Å². The second-order valence-electron chi connectivity index (χ2n) is 7.41. The quantitative estimate of drug-likeness (QED) is 0.180. The summed E-state index contributed by atoms with van der Waals surface area (Å²) >= 11 is 0. The van der Waals surface area contributed by atoms with Crippen LogP contribution in [0.2, 0.25) is 0 Å². The third-order valence-corrected chi connectivity index (χ3v) is 7.19. The highest BCUT2D eigenvalue weighted by Gasteiger charge is 2.12. The molecule has 0 spiro atoms. The summed E-state index contributed by atoms with van der Waals surface area (Å²) in [5, 5.41) is 0. The van der Waals surface area contributed by atoms with Gasteiger partial charge in [-0.1, -0.05) is 78.1 Å². The minimum absolute atomic E-state index is 0.0578. The van der Waals surface area contributed by atoms with Crippen molar-refractivity contribution >= 4 is 20.2 Å². The fourth-order valence-electron chi connectivity index (χ4n) is 2.81. The summed E-state index contributed by atoms with van der Waals surface area (Å²) in [6, 6.07) is 0. The average molecular weight is 443 g/mol. The minimum atomic E-state index is -3.47. The summed E-state index contributed by atoms with van der Waals surface area (Å²) in [4.78, 5) is 0. The molecule has 0 rings (SSSR count). The van der Waals surface area contributed by atoms with Crippen molar-refractivity contribution < 1.29 is 25.2 Å². The smallest absolute Gasteiger partial charge is 0.267 e. The molecule has 0 N–H and O–H groups in total. The van der Waals surface area contributed by atoms with Gasteiger partial charge in [0.2, 0.25) is 0 Å². The molecule has 8 heteroatoms. The van der Waals surface area contributed by atoms with Gasteiger partial charge in [0.1, 0.15) is 0 Å². The molecule has 28 heavy (non-hydrogen) atoms. The van der Waals surface area contributed by atoms with Crippen molar-refractivity contribution in [2.24, 2.45) is 0 Å². The standard InChI is InChI=1S/C20H42O6S2/c1-3-5-7-9-11-15-19-27(21,22)25-17-13-14-18-26-28(23,24)20-16-12-10-8-6-4-2/h3-20H2,1-2H3. The van der Waals surface area contributed by atoms with Crippen molar-refractivity contribution in [1.29, 1.82) is 0 Å². The molecule has 0 saturated heterocycles. The second-order valence-corrected chi connectivity index (χ2v) is 10.9. The van der Waals surface area contributed by atoms with Gasteiger partial charge in [0.15, 0.2) is 0 Å². The van der Waals surface area contributed by atoms with Crippen LogP contribution in [0.3, 0.4) is 0 Å². The van der Waals surface area contributed by atoms with Crippen LogP contribution < -0.4 is 0 Å². The van der Waals surface area contributed by atoms with Gasteiger partial charge in [0.25, 0.3) is 20.2 Å². The van der Waals surface area contributed by atoms with Crippen molar-refractivity contribution in [2.75, 3.05) is 24.7 Å². The van der Waals surface area contributed by atoms with Gasteiger partial charge in [-0.2, -0.15) is 16.8 Å². The van der Waals surface area contributed by atoms with Crippen LogP contribution in [0.5, 0.6) is 0 Å². The molecule has 0 heterocycles. The van der Waals surface area contributed by atoms with Crippen LogP contribution in [0.25, 0.3) is 0 Å². The van der Waals surface area contributed by atoms with Crippen LogP contribution >= 0.6 is 0 Å². The first-order valence-electron chi connectivity index (χ1n) is 11.1. The van der Waals surface area contributed by atoms with Gasteiger partial charge in [-0.3, -0.25) is 8.37 Å². The van der Waals surface area contributed by atoms with Gasteiger partial charge in [-0.15, -0.1) is 0 Å². The molecule has 0 atom stereocenters. The van der Waals surface area contributed by atoms with Crippen molar-refractivity contribution in [1.82, 2.24) is 0 Å². The van der Waals surface area contributed by atoms with Gasteiger partial charge in [-0.25, -0.2) is 0 Å². The predicted molar refractivity (Wildman–Crippen MR) is 115 cm³/mol. The molecule has 0 aromatic rings. The fraction of sp³-hybridized carbons (Fsp3) is 1.00. The first-order chi connectivity index (χ1) is 13.3. The molecule has 0 aliphatic carbocycles. The maximum Gasteiger partial charge on any atom is 0.267 e. The maximum absolute atomic E-state index is 11.8. The average Bonchev–Trinajstić information content (AvgIpc) is 2.64. The Bertz CT molecular complexity index is 493. The lowest BCUT2D eigenvalue weighted by atomic mass is 10.1. The largest absolute Gasteiger partial charge is 0.270 e. The van der Waals surface area contributed by atoms with Crippen LogP contribution in [-0.2, 0) is 28.6 Å². The fourth-order valence-corrected chi connectivity index (χ4v) is 4.91. The summed E-state index contributed by atoms with van der Waals surface area (Å²) < 4.78 is 57.0. The zero-order chi connectivity index (χ0) is 21.1. The Hall–Kier alpha value is -0.180. The second kappa shape index (κ2) is 17.7. The third kappa shape index (κ3) is 19.2. The Kier molecular flexibility index (Phi) is 17.5. The Morgan fingerprint density at radius 3 is 1.14 bits per heavy atom. The summed E-state index contributed by atoms with van der Waals surface area (Å²) in [5.74, 6) is 0.116. The van der Waals surface area contributed by atoms with E-state index in [1.54, 1.807) is 0 Å².